The number of aryl methyl sites for hydroxylation is 3. The molecule has 2 heteroatoms. The molecule has 2 aromatic carbocycles. The minimum absolute atomic E-state index is 0.930. The van der Waals surface area contributed by atoms with Gasteiger partial charge in [-0.05, 0) is 36.1 Å². The highest BCUT2D eigenvalue weighted by molar-refractivity contribution is 5.73. The van der Waals surface area contributed by atoms with Crippen LogP contribution in [0.2, 0.25) is 0 Å². The number of benzene rings is 2. The van der Waals surface area contributed by atoms with Crippen molar-refractivity contribution in [3.63, 3.8) is 0 Å². The van der Waals surface area contributed by atoms with E-state index in [0.717, 1.165) is 12.1 Å². The van der Waals surface area contributed by atoms with Gasteiger partial charge in [0, 0.05) is 0 Å². The molecule has 0 atom stereocenters. The molecule has 0 N–H and O–H groups in total. The van der Waals surface area contributed by atoms with Crippen molar-refractivity contribution in [2.45, 2.75) is 20.3 Å². The second-order valence-corrected chi connectivity index (χ2v) is 5.58. The summed E-state index contributed by atoms with van der Waals surface area (Å²) in [5.41, 5.74) is 7.37. The van der Waals surface area contributed by atoms with Crippen LogP contribution in [0.25, 0.3) is 22.4 Å². The predicted octanol–water partition coefficient (Wildman–Crippen LogP) is 4.11. The van der Waals surface area contributed by atoms with Crippen molar-refractivity contribution in [1.29, 1.82) is 0 Å². The summed E-state index contributed by atoms with van der Waals surface area (Å²) < 4.78 is 2.17. The molecule has 0 saturated carbocycles. The van der Waals surface area contributed by atoms with E-state index in [1.807, 2.05) is 12.4 Å². The van der Waals surface area contributed by atoms with Crippen molar-refractivity contribution in [2.24, 2.45) is 7.05 Å². The third-order valence-corrected chi connectivity index (χ3v) is 4.08. The molecule has 0 unspecified atom stereocenters. The maximum atomic E-state index is 4.56. The van der Waals surface area contributed by atoms with Crippen LogP contribution < -0.4 is 4.57 Å². The third-order valence-electron chi connectivity index (χ3n) is 4.08. The Morgan fingerprint density at radius 2 is 1.77 bits per heavy atom. The molecule has 0 fully saturated rings. The van der Waals surface area contributed by atoms with Gasteiger partial charge in [0.25, 0.3) is 0 Å². The molecular formula is C20H21N2+. The summed E-state index contributed by atoms with van der Waals surface area (Å²) in [7, 11) is 2.09. The maximum absolute atomic E-state index is 4.56. The van der Waals surface area contributed by atoms with Crippen molar-refractivity contribution in [1.82, 2.24) is 4.98 Å². The molecule has 2 nitrogen and oxygen atoms in total. The lowest BCUT2D eigenvalue weighted by Gasteiger charge is -2.10. The number of aromatic nitrogens is 2. The van der Waals surface area contributed by atoms with Gasteiger partial charge in [0.15, 0.2) is 6.20 Å². The molecule has 3 aromatic rings. The summed E-state index contributed by atoms with van der Waals surface area (Å²) in [6.07, 6.45) is 4.82. The van der Waals surface area contributed by atoms with E-state index >= 15 is 0 Å². The minimum atomic E-state index is 0.930. The zero-order valence-electron chi connectivity index (χ0n) is 13.4. The Labute approximate surface area is 132 Å². The summed E-state index contributed by atoms with van der Waals surface area (Å²) in [4.78, 5) is 4.56. The molecule has 110 valence electrons. The zero-order valence-corrected chi connectivity index (χ0v) is 13.4. The average molecular weight is 289 g/mol. The van der Waals surface area contributed by atoms with E-state index in [1.165, 1.54) is 27.9 Å². The number of hydrogen-bond donors (Lipinski definition) is 0. The van der Waals surface area contributed by atoms with E-state index in [0.29, 0.717) is 0 Å². The van der Waals surface area contributed by atoms with Crippen molar-refractivity contribution in [3.8, 4) is 22.4 Å². The highest BCUT2D eigenvalue weighted by atomic mass is 15.0. The van der Waals surface area contributed by atoms with Crippen LogP contribution in [0.1, 0.15) is 18.2 Å². The van der Waals surface area contributed by atoms with Gasteiger partial charge in [-0.25, -0.2) is 4.98 Å². The minimum Gasteiger partial charge on any atom is -0.248 e. The summed E-state index contributed by atoms with van der Waals surface area (Å²) in [6.45, 7) is 4.32. The first-order chi connectivity index (χ1) is 10.7. The fourth-order valence-corrected chi connectivity index (χ4v) is 2.85. The van der Waals surface area contributed by atoms with Gasteiger partial charge in [-0.3, -0.25) is 0 Å². The summed E-state index contributed by atoms with van der Waals surface area (Å²) >= 11 is 0. The SMILES string of the molecule is CCc1ncc[n+](C)c1-c1cc(-c2ccccc2)ccc1C. The Hall–Kier alpha value is -2.48. The second-order valence-electron chi connectivity index (χ2n) is 5.58. The molecule has 3 rings (SSSR count). The van der Waals surface area contributed by atoms with Crippen molar-refractivity contribution in [2.75, 3.05) is 0 Å². The van der Waals surface area contributed by atoms with E-state index in [9.17, 15) is 0 Å². The maximum Gasteiger partial charge on any atom is 0.234 e. The molecule has 0 aliphatic rings. The Morgan fingerprint density at radius 1 is 1.00 bits per heavy atom. The largest absolute Gasteiger partial charge is 0.248 e. The second kappa shape index (κ2) is 6.10. The summed E-state index contributed by atoms with van der Waals surface area (Å²) in [6, 6.07) is 17.2. The molecule has 0 radical (unpaired) electrons. The van der Waals surface area contributed by atoms with Gasteiger partial charge in [-0.15, -0.1) is 0 Å². The van der Waals surface area contributed by atoms with E-state index in [4.69, 9.17) is 0 Å². The van der Waals surface area contributed by atoms with E-state index in [1.54, 1.807) is 0 Å². The van der Waals surface area contributed by atoms with Crippen LogP contribution in [0.3, 0.4) is 0 Å². The van der Waals surface area contributed by atoms with Gasteiger partial charge in [-0.1, -0.05) is 49.4 Å². The molecule has 1 heterocycles. The Balaban J connectivity index is 2.20. The smallest absolute Gasteiger partial charge is 0.234 e. The first-order valence-corrected chi connectivity index (χ1v) is 7.70. The van der Waals surface area contributed by atoms with Crippen molar-refractivity contribution >= 4 is 0 Å². The first kappa shape index (κ1) is 14.5. The number of nitrogens with zero attached hydrogens (tertiary/aromatic N) is 2. The average Bonchev–Trinajstić information content (AvgIpc) is 2.56. The monoisotopic (exact) mass is 289 g/mol. The normalized spacial score (nSPS) is 10.7. The van der Waals surface area contributed by atoms with Gasteiger partial charge in [0.2, 0.25) is 5.69 Å². The Morgan fingerprint density at radius 3 is 2.50 bits per heavy atom. The van der Waals surface area contributed by atoms with E-state index in [-0.39, 0.29) is 0 Å². The van der Waals surface area contributed by atoms with Gasteiger partial charge in [0.1, 0.15) is 12.7 Å². The number of rotatable bonds is 3. The fourth-order valence-electron chi connectivity index (χ4n) is 2.85. The lowest BCUT2D eigenvalue weighted by atomic mass is 9.96. The van der Waals surface area contributed by atoms with Crippen LogP contribution in [0.15, 0.2) is 60.9 Å². The van der Waals surface area contributed by atoms with Gasteiger partial charge < -0.3 is 0 Å². The predicted molar refractivity (Wildman–Crippen MR) is 90.4 cm³/mol. The Bertz CT molecular complexity index is 792. The van der Waals surface area contributed by atoms with Gasteiger partial charge >= 0.3 is 0 Å². The van der Waals surface area contributed by atoms with Crippen LogP contribution in [0.4, 0.5) is 0 Å². The third kappa shape index (κ3) is 2.64. The molecule has 0 bridgehead atoms. The van der Waals surface area contributed by atoms with Crippen molar-refractivity contribution < 1.29 is 4.57 Å². The molecular weight excluding hydrogens is 268 g/mol. The molecule has 1 aromatic heterocycles. The van der Waals surface area contributed by atoms with Crippen LogP contribution in [-0.4, -0.2) is 4.98 Å². The molecule has 0 aliphatic carbocycles. The molecule has 0 saturated heterocycles. The zero-order chi connectivity index (χ0) is 15.5. The van der Waals surface area contributed by atoms with E-state index in [2.05, 4.69) is 79.0 Å². The number of hydrogen-bond acceptors (Lipinski definition) is 1. The van der Waals surface area contributed by atoms with Gasteiger partial charge in [-0.2, -0.15) is 4.57 Å². The van der Waals surface area contributed by atoms with Crippen LogP contribution >= 0.6 is 0 Å². The molecule has 0 spiro atoms. The van der Waals surface area contributed by atoms with Gasteiger partial charge in [0.05, 0.1) is 11.8 Å². The van der Waals surface area contributed by atoms with Crippen LogP contribution in [-0.2, 0) is 13.5 Å². The topological polar surface area (TPSA) is 16.8 Å². The Kier molecular flexibility index (Phi) is 4.01. The lowest BCUT2D eigenvalue weighted by Crippen LogP contribution is -2.32. The highest BCUT2D eigenvalue weighted by Gasteiger charge is 2.18. The quantitative estimate of drug-likeness (QED) is 0.663. The molecule has 0 amide bonds. The first-order valence-electron chi connectivity index (χ1n) is 7.70. The molecule has 22 heavy (non-hydrogen) atoms. The standard InChI is InChI=1S/C20H21N2/c1-4-19-20(22(3)13-12-21-19)18-14-17(11-10-15(18)2)16-8-6-5-7-9-16/h5-14H,4H2,1-3H3/q+1. The van der Waals surface area contributed by atoms with Crippen LogP contribution in [0, 0.1) is 6.92 Å². The van der Waals surface area contributed by atoms with E-state index < -0.39 is 0 Å². The molecule has 0 aliphatic heterocycles. The highest BCUT2D eigenvalue weighted by Crippen LogP contribution is 2.29. The van der Waals surface area contributed by atoms with Crippen molar-refractivity contribution in [3.05, 3.63) is 72.2 Å². The fraction of sp³-hybridized carbons (Fsp3) is 0.200. The summed E-state index contributed by atoms with van der Waals surface area (Å²) in [5, 5.41) is 0. The lowest BCUT2D eigenvalue weighted by molar-refractivity contribution is -0.661. The summed E-state index contributed by atoms with van der Waals surface area (Å²) in [5.74, 6) is 0. The van der Waals surface area contributed by atoms with Crippen LogP contribution in [0.5, 0.6) is 0 Å².